The lowest BCUT2D eigenvalue weighted by molar-refractivity contribution is -0.0925. The molecule has 0 aliphatic heterocycles. The topological polar surface area (TPSA) is 36.9 Å². The molecule has 6 heteroatoms. The molecule has 0 saturated carbocycles. The van der Waals surface area contributed by atoms with Crippen LogP contribution in [0.15, 0.2) is 0 Å². The van der Waals surface area contributed by atoms with Gasteiger partial charge < -0.3 is 18.9 Å². The minimum atomic E-state index is -0.303. The normalized spacial score (nSPS) is 12.6. The monoisotopic (exact) mass is 434 g/mol. The van der Waals surface area contributed by atoms with Crippen molar-refractivity contribution in [3.8, 4) is 0 Å². The third kappa shape index (κ3) is 19.6. The zero-order valence-electron chi connectivity index (χ0n) is 19.5. The molecule has 0 unspecified atom stereocenters. The third-order valence-electron chi connectivity index (χ3n) is 4.84. The molecule has 0 aromatic heterocycles. The van der Waals surface area contributed by atoms with E-state index in [1.165, 1.54) is 50.6 Å². The molecule has 0 amide bonds. The van der Waals surface area contributed by atoms with Gasteiger partial charge in [0.1, 0.15) is 11.8 Å². The molecule has 0 rings (SSSR count). The molecular formula is C22H50O4Si2. The molecule has 0 aromatic carbocycles. The van der Waals surface area contributed by atoms with Crippen LogP contribution in [0.5, 0.6) is 0 Å². The molecule has 0 radical (unpaired) electrons. The van der Waals surface area contributed by atoms with Crippen LogP contribution >= 0.6 is 0 Å². The molecule has 0 heterocycles. The maximum atomic E-state index is 5.99. The van der Waals surface area contributed by atoms with E-state index in [1.807, 2.05) is 0 Å². The van der Waals surface area contributed by atoms with Gasteiger partial charge in [-0.1, -0.05) is 78.3 Å². The van der Waals surface area contributed by atoms with E-state index in [1.54, 1.807) is 0 Å². The van der Waals surface area contributed by atoms with Crippen molar-refractivity contribution < 1.29 is 18.9 Å². The summed E-state index contributed by atoms with van der Waals surface area (Å²) in [6.07, 6.45) is 12.0. The highest BCUT2D eigenvalue weighted by Gasteiger charge is 2.11. The first-order valence-electron chi connectivity index (χ1n) is 12.2. The highest BCUT2D eigenvalue weighted by atomic mass is 28.2. The highest BCUT2D eigenvalue weighted by Crippen LogP contribution is 2.08. The van der Waals surface area contributed by atoms with Crippen LogP contribution in [-0.4, -0.2) is 57.3 Å². The van der Waals surface area contributed by atoms with Crippen molar-refractivity contribution in [2.45, 2.75) is 116 Å². The predicted molar refractivity (Wildman–Crippen MR) is 127 cm³/mol. The lowest BCUT2D eigenvalue weighted by Crippen LogP contribution is -2.26. The Morgan fingerprint density at radius 2 is 0.750 bits per heavy atom. The Bertz CT molecular complexity index is 248. The molecule has 170 valence electrons. The van der Waals surface area contributed by atoms with E-state index in [0.717, 1.165) is 52.1 Å². The van der Waals surface area contributed by atoms with E-state index >= 15 is 0 Å². The summed E-state index contributed by atoms with van der Waals surface area (Å²) in [5.74, 6) is 0.274. The standard InChI is InChI=1S/C22H50O4Si2/c1-5-9-15-23-21(24-16-10-6-2)27-19-13-14-20-28-22(25-17-11-7-3)26-18-12-8-4/h21-22H,5-20,27-28H2,1-4H3. The van der Waals surface area contributed by atoms with Gasteiger partial charge in [0.05, 0.1) is 19.0 Å². The summed E-state index contributed by atoms with van der Waals surface area (Å²) >= 11 is 0. The fourth-order valence-corrected chi connectivity index (χ4v) is 6.13. The van der Waals surface area contributed by atoms with E-state index in [9.17, 15) is 0 Å². The van der Waals surface area contributed by atoms with Gasteiger partial charge in [-0.3, -0.25) is 0 Å². The fraction of sp³-hybridized carbons (Fsp3) is 1.00. The Hall–Kier alpha value is 0.274. The number of hydrogen-bond donors (Lipinski definition) is 0. The first-order chi connectivity index (χ1) is 13.8. The number of unbranched alkanes of at least 4 members (excludes halogenated alkanes) is 5. The van der Waals surface area contributed by atoms with Crippen LogP contribution in [0.25, 0.3) is 0 Å². The highest BCUT2D eigenvalue weighted by molar-refractivity contribution is 6.37. The summed E-state index contributed by atoms with van der Waals surface area (Å²) in [6.45, 7) is 12.3. The average molecular weight is 435 g/mol. The second kappa shape index (κ2) is 23.6. The Kier molecular flexibility index (Phi) is 23.8. The van der Waals surface area contributed by atoms with Gasteiger partial charge in [-0.15, -0.1) is 0 Å². The van der Waals surface area contributed by atoms with Gasteiger partial charge in [0.25, 0.3) is 0 Å². The van der Waals surface area contributed by atoms with Crippen LogP contribution in [0.3, 0.4) is 0 Å². The maximum Gasteiger partial charge on any atom is 0.134 e. The number of hydrogen-bond acceptors (Lipinski definition) is 4. The second-order valence-corrected chi connectivity index (χ2v) is 11.7. The van der Waals surface area contributed by atoms with Gasteiger partial charge in [-0.05, 0) is 25.7 Å². The van der Waals surface area contributed by atoms with Crippen molar-refractivity contribution in [3.05, 3.63) is 0 Å². The van der Waals surface area contributed by atoms with Crippen LogP contribution < -0.4 is 0 Å². The van der Waals surface area contributed by atoms with Crippen LogP contribution in [-0.2, 0) is 18.9 Å². The van der Waals surface area contributed by atoms with E-state index in [2.05, 4.69) is 27.7 Å². The van der Waals surface area contributed by atoms with Crippen molar-refractivity contribution in [2.24, 2.45) is 0 Å². The van der Waals surface area contributed by atoms with Crippen LogP contribution in [0.2, 0.25) is 12.1 Å². The molecule has 0 fully saturated rings. The molecule has 28 heavy (non-hydrogen) atoms. The van der Waals surface area contributed by atoms with E-state index in [4.69, 9.17) is 18.9 Å². The number of rotatable bonds is 23. The molecule has 0 aromatic rings. The van der Waals surface area contributed by atoms with Crippen LogP contribution in [0.4, 0.5) is 0 Å². The van der Waals surface area contributed by atoms with Crippen LogP contribution in [0.1, 0.15) is 91.9 Å². The Balaban J connectivity index is 3.91. The summed E-state index contributed by atoms with van der Waals surface area (Å²) in [5.41, 5.74) is 0. The third-order valence-corrected chi connectivity index (χ3v) is 8.54. The van der Waals surface area contributed by atoms with E-state index < -0.39 is 0 Å². The molecule has 4 nitrogen and oxygen atoms in total. The molecule has 0 aliphatic carbocycles. The van der Waals surface area contributed by atoms with Gasteiger partial charge in [0.15, 0.2) is 0 Å². The smallest absolute Gasteiger partial charge is 0.134 e. The van der Waals surface area contributed by atoms with Crippen molar-refractivity contribution in [1.82, 2.24) is 0 Å². The maximum absolute atomic E-state index is 5.99. The van der Waals surface area contributed by atoms with Gasteiger partial charge in [-0.25, -0.2) is 0 Å². The first kappa shape index (κ1) is 28.3. The van der Waals surface area contributed by atoms with E-state index in [0.29, 0.717) is 0 Å². The Morgan fingerprint density at radius 3 is 1.00 bits per heavy atom. The van der Waals surface area contributed by atoms with Gasteiger partial charge >= 0.3 is 0 Å². The summed E-state index contributed by atoms with van der Waals surface area (Å²) < 4.78 is 24.0. The lowest BCUT2D eigenvalue weighted by Gasteiger charge is -2.19. The van der Waals surface area contributed by atoms with Gasteiger partial charge in [0, 0.05) is 26.4 Å². The second-order valence-electron chi connectivity index (χ2n) is 7.75. The molecule has 0 saturated heterocycles. The Labute approximate surface area is 180 Å². The lowest BCUT2D eigenvalue weighted by atomic mass is 10.4. The van der Waals surface area contributed by atoms with Crippen LogP contribution in [0, 0.1) is 0 Å². The van der Waals surface area contributed by atoms with Crippen molar-refractivity contribution in [2.75, 3.05) is 26.4 Å². The summed E-state index contributed by atoms with van der Waals surface area (Å²) in [4.78, 5) is 0. The zero-order valence-corrected chi connectivity index (χ0v) is 22.3. The molecule has 0 spiro atoms. The Morgan fingerprint density at radius 1 is 0.464 bits per heavy atom. The zero-order chi connectivity index (χ0) is 20.7. The molecule has 0 atom stereocenters. The quantitative estimate of drug-likeness (QED) is 0.132. The SMILES string of the molecule is CCCCOC(OCCCC)[SiH2]CCCC[SiH2]C(OCCCC)OCCCC. The first-order valence-corrected chi connectivity index (χ1v) is 15.9. The van der Waals surface area contributed by atoms with Crippen molar-refractivity contribution >= 4 is 19.0 Å². The van der Waals surface area contributed by atoms with E-state index in [-0.39, 0.29) is 30.9 Å². The predicted octanol–water partition coefficient (Wildman–Crippen LogP) is 4.77. The van der Waals surface area contributed by atoms with Gasteiger partial charge in [-0.2, -0.15) is 0 Å². The summed E-state index contributed by atoms with van der Waals surface area (Å²) in [5, 5.41) is 0. The summed E-state index contributed by atoms with van der Waals surface area (Å²) in [6, 6.07) is 2.66. The largest absolute Gasteiger partial charge is 0.357 e. The summed E-state index contributed by atoms with van der Waals surface area (Å²) in [7, 11) is -0.605. The minimum Gasteiger partial charge on any atom is -0.357 e. The molecule has 0 N–H and O–H groups in total. The average Bonchev–Trinajstić information content (AvgIpc) is 2.70. The van der Waals surface area contributed by atoms with Crippen molar-refractivity contribution in [1.29, 1.82) is 0 Å². The number of ether oxygens (including phenoxy) is 4. The molecular weight excluding hydrogens is 384 g/mol. The molecule has 0 bridgehead atoms. The fourth-order valence-electron chi connectivity index (χ4n) is 2.84. The molecule has 0 aliphatic rings. The van der Waals surface area contributed by atoms with Gasteiger partial charge in [0.2, 0.25) is 0 Å². The van der Waals surface area contributed by atoms with Crippen molar-refractivity contribution in [3.63, 3.8) is 0 Å². The minimum absolute atomic E-state index is 0.137.